The van der Waals surface area contributed by atoms with Gasteiger partial charge >= 0.3 is 0 Å². The fraction of sp³-hybridized carbons (Fsp3) is 0.520. The number of nitrogens with zero attached hydrogens (tertiary/aromatic N) is 1. The summed E-state index contributed by atoms with van der Waals surface area (Å²) in [6.45, 7) is 8.32. The Morgan fingerprint density at radius 2 is 1.55 bits per heavy atom. The number of hydrogen-bond donors (Lipinski definition) is 1. The summed E-state index contributed by atoms with van der Waals surface area (Å²) in [5.41, 5.74) is 2.17. The van der Waals surface area contributed by atoms with Crippen molar-refractivity contribution in [1.82, 2.24) is 4.90 Å². The SMILES string of the molecule is CC(C)CCOc1ccc(C(O)C(CN2CCCCC2)c2ccccc2)cc1.Cl. The van der Waals surface area contributed by atoms with Gasteiger partial charge in [0.05, 0.1) is 12.7 Å². The first kappa shape index (κ1) is 23.7. The van der Waals surface area contributed by atoms with E-state index in [0.717, 1.165) is 44.0 Å². The van der Waals surface area contributed by atoms with E-state index in [0.29, 0.717) is 5.92 Å². The fourth-order valence-electron chi connectivity index (χ4n) is 3.91. The molecule has 0 amide bonds. The van der Waals surface area contributed by atoms with Crippen molar-refractivity contribution in [3.05, 3.63) is 65.7 Å². The molecule has 0 aromatic heterocycles. The van der Waals surface area contributed by atoms with Crippen molar-refractivity contribution in [2.75, 3.05) is 26.2 Å². The van der Waals surface area contributed by atoms with Crippen molar-refractivity contribution >= 4 is 12.4 Å². The van der Waals surface area contributed by atoms with Crippen molar-refractivity contribution in [1.29, 1.82) is 0 Å². The summed E-state index contributed by atoms with van der Waals surface area (Å²) in [5.74, 6) is 1.60. The second-order valence-electron chi connectivity index (χ2n) is 8.42. The van der Waals surface area contributed by atoms with Crippen LogP contribution in [0.15, 0.2) is 54.6 Å². The molecule has 2 unspecified atom stereocenters. The molecule has 1 heterocycles. The van der Waals surface area contributed by atoms with Crippen LogP contribution in [0.4, 0.5) is 0 Å². The standard InChI is InChI=1S/C25H35NO2.ClH/c1-20(2)15-18-28-23-13-11-22(12-14-23)25(27)24(21-9-5-3-6-10-21)19-26-16-7-4-8-17-26;/h3,5-6,9-14,20,24-25,27H,4,7-8,15-19H2,1-2H3;1H. The third-order valence-electron chi connectivity index (χ3n) is 5.70. The third kappa shape index (κ3) is 7.33. The number of aliphatic hydroxyl groups is 1. The summed E-state index contributed by atoms with van der Waals surface area (Å²) < 4.78 is 5.83. The van der Waals surface area contributed by atoms with Crippen LogP contribution in [-0.4, -0.2) is 36.2 Å². The van der Waals surface area contributed by atoms with E-state index < -0.39 is 6.10 Å². The van der Waals surface area contributed by atoms with Gasteiger partial charge in [-0.1, -0.05) is 62.7 Å². The van der Waals surface area contributed by atoms with Gasteiger partial charge in [0.25, 0.3) is 0 Å². The highest BCUT2D eigenvalue weighted by molar-refractivity contribution is 5.85. The molecule has 1 fully saturated rings. The smallest absolute Gasteiger partial charge is 0.119 e. The molecule has 1 aliphatic heterocycles. The average molecular weight is 418 g/mol. The van der Waals surface area contributed by atoms with Crippen LogP contribution in [0.3, 0.4) is 0 Å². The number of hydrogen-bond acceptors (Lipinski definition) is 3. The number of rotatable bonds is 9. The van der Waals surface area contributed by atoms with Crippen molar-refractivity contribution in [3.63, 3.8) is 0 Å². The van der Waals surface area contributed by atoms with Crippen LogP contribution in [0.25, 0.3) is 0 Å². The molecule has 3 rings (SSSR count). The van der Waals surface area contributed by atoms with Crippen LogP contribution in [-0.2, 0) is 0 Å². The molecule has 0 bridgehead atoms. The Bertz CT molecular complexity index is 684. The van der Waals surface area contributed by atoms with E-state index >= 15 is 0 Å². The van der Waals surface area contributed by atoms with E-state index in [2.05, 4.69) is 43.0 Å². The summed E-state index contributed by atoms with van der Waals surface area (Å²) in [7, 11) is 0. The number of benzene rings is 2. The average Bonchev–Trinajstić information content (AvgIpc) is 2.73. The molecular weight excluding hydrogens is 382 g/mol. The Balaban J connectivity index is 0.00000300. The normalized spacial score (nSPS) is 16.8. The molecule has 2 aromatic rings. The zero-order chi connectivity index (χ0) is 19.8. The molecule has 160 valence electrons. The Kier molecular flexibility index (Phi) is 9.99. The highest BCUT2D eigenvalue weighted by atomic mass is 35.5. The highest BCUT2D eigenvalue weighted by Gasteiger charge is 2.26. The van der Waals surface area contributed by atoms with Gasteiger partial charge in [-0.3, -0.25) is 0 Å². The minimum Gasteiger partial charge on any atom is -0.494 e. The molecule has 2 aromatic carbocycles. The Morgan fingerprint density at radius 1 is 0.897 bits per heavy atom. The van der Waals surface area contributed by atoms with E-state index in [1.807, 2.05) is 30.3 Å². The maximum atomic E-state index is 11.2. The van der Waals surface area contributed by atoms with Gasteiger partial charge < -0.3 is 14.7 Å². The van der Waals surface area contributed by atoms with Crippen LogP contribution in [0, 0.1) is 5.92 Å². The van der Waals surface area contributed by atoms with Gasteiger partial charge in [-0.15, -0.1) is 12.4 Å². The number of ether oxygens (including phenoxy) is 1. The van der Waals surface area contributed by atoms with E-state index in [1.165, 1.54) is 24.8 Å². The van der Waals surface area contributed by atoms with Gasteiger partial charge in [-0.25, -0.2) is 0 Å². The molecule has 4 heteroatoms. The molecule has 2 atom stereocenters. The second-order valence-corrected chi connectivity index (χ2v) is 8.42. The lowest BCUT2D eigenvalue weighted by molar-refractivity contribution is 0.109. The lowest BCUT2D eigenvalue weighted by Crippen LogP contribution is -2.35. The maximum Gasteiger partial charge on any atom is 0.119 e. The Morgan fingerprint density at radius 3 is 2.17 bits per heavy atom. The van der Waals surface area contributed by atoms with Gasteiger partial charge in [0.15, 0.2) is 0 Å². The predicted molar refractivity (Wildman–Crippen MR) is 123 cm³/mol. The fourth-order valence-corrected chi connectivity index (χ4v) is 3.91. The van der Waals surface area contributed by atoms with Crippen LogP contribution in [0.2, 0.25) is 0 Å². The van der Waals surface area contributed by atoms with E-state index in [9.17, 15) is 5.11 Å². The zero-order valence-electron chi connectivity index (χ0n) is 17.8. The first-order chi connectivity index (χ1) is 13.6. The molecule has 1 saturated heterocycles. The van der Waals surface area contributed by atoms with Crippen LogP contribution in [0.5, 0.6) is 5.75 Å². The maximum absolute atomic E-state index is 11.2. The monoisotopic (exact) mass is 417 g/mol. The van der Waals surface area contributed by atoms with E-state index in [-0.39, 0.29) is 18.3 Å². The van der Waals surface area contributed by atoms with Gasteiger partial charge in [-0.05, 0) is 61.5 Å². The number of aliphatic hydroxyl groups excluding tert-OH is 1. The molecule has 0 spiro atoms. The van der Waals surface area contributed by atoms with Gasteiger partial charge in [0, 0.05) is 12.5 Å². The molecule has 0 aliphatic carbocycles. The molecule has 0 saturated carbocycles. The summed E-state index contributed by atoms with van der Waals surface area (Å²) in [6.07, 6.45) is 4.39. The van der Waals surface area contributed by atoms with Crippen LogP contribution in [0.1, 0.15) is 62.7 Å². The lowest BCUT2D eigenvalue weighted by Gasteiger charge is -2.33. The Hall–Kier alpha value is -1.55. The second kappa shape index (κ2) is 12.2. The van der Waals surface area contributed by atoms with Crippen molar-refractivity contribution in [2.45, 2.75) is 51.6 Å². The molecular formula is C25H36ClNO2. The zero-order valence-corrected chi connectivity index (χ0v) is 18.6. The number of halogens is 1. The first-order valence-electron chi connectivity index (χ1n) is 10.8. The minimum atomic E-state index is -0.519. The first-order valence-corrected chi connectivity index (χ1v) is 10.8. The topological polar surface area (TPSA) is 32.7 Å². The molecule has 1 aliphatic rings. The largest absolute Gasteiger partial charge is 0.494 e. The highest BCUT2D eigenvalue weighted by Crippen LogP contribution is 2.33. The van der Waals surface area contributed by atoms with Gasteiger partial charge in [0.1, 0.15) is 5.75 Å². The van der Waals surface area contributed by atoms with E-state index in [4.69, 9.17) is 4.74 Å². The summed E-state index contributed by atoms with van der Waals surface area (Å²) in [5, 5.41) is 11.2. The number of piperidine rings is 1. The quantitative estimate of drug-likeness (QED) is 0.556. The minimum absolute atomic E-state index is 0. The van der Waals surface area contributed by atoms with Crippen LogP contribution < -0.4 is 4.74 Å². The van der Waals surface area contributed by atoms with Crippen LogP contribution >= 0.6 is 12.4 Å². The third-order valence-corrected chi connectivity index (χ3v) is 5.70. The summed E-state index contributed by atoms with van der Waals surface area (Å²) in [6, 6.07) is 18.5. The van der Waals surface area contributed by atoms with Crippen molar-refractivity contribution in [3.8, 4) is 5.75 Å². The Labute approximate surface area is 182 Å². The van der Waals surface area contributed by atoms with Gasteiger partial charge in [-0.2, -0.15) is 0 Å². The van der Waals surface area contributed by atoms with E-state index in [1.54, 1.807) is 0 Å². The summed E-state index contributed by atoms with van der Waals surface area (Å²) in [4.78, 5) is 2.51. The molecule has 3 nitrogen and oxygen atoms in total. The lowest BCUT2D eigenvalue weighted by atomic mass is 9.88. The van der Waals surface area contributed by atoms with Gasteiger partial charge in [0.2, 0.25) is 0 Å². The molecule has 1 N–H and O–H groups in total. The molecule has 0 radical (unpaired) electrons. The number of likely N-dealkylation sites (tertiary alicyclic amines) is 1. The van der Waals surface area contributed by atoms with Crippen molar-refractivity contribution < 1.29 is 9.84 Å². The summed E-state index contributed by atoms with van der Waals surface area (Å²) >= 11 is 0. The van der Waals surface area contributed by atoms with Crippen molar-refractivity contribution in [2.24, 2.45) is 5.92 Å². The predicted octanol–water partition coefficient (Wildman–Crippen LogP) is 5.84. The molecule has 29 heavy (non-hydrogen) atoms.